The molecule has 34 heavy (non-hydrogen) atoms. The fraction of sp³-hybridized carbons (Fsp3) is 0.333. The van der Waals surface area contributed by atoms with Crippen LogP contribution in [0.2, 0.25) is 0 Å². The molecule has 0 bridgehead atoms. The van der Waals surface area contributed by atoms with Crippen molar-refractivity contribution in [1.29, 1.82) is 5.26 Å². The van der Waals surface area contributed by atoms with Crippen LogP contribution in [0.1, 0.15) is 16.7 Å². The minimum Gasteiger partial charge on any atom is -0.491 e. The Balaban J connectivity index is 1.73. The van der Waals surface area contributed by atoms with E-state index in [1.54, 1.807) is 12.1 Å². The lowest BCUT2D eigenvalue weighted by atomic mass is 10.1. The van der Waals surface area contributed by atoms with E-state index < -0.39 is 54.1 Å². The number of halogens is 6. The fourth-order valence-electron chi connectivity index (χ4n) is 3.31. The Kier molecular flexibility index (Phi) is 7.11. The number of amides is 1. The van der Waals surface area contributed by atoms with E-state index in [4.69, 9.17) is 19.8 Å². The van der Waals surface area contributed by atoms with Gasteiger partial charge in [0.25, 0.3) is 0 Å². The van der Waals surface area contributed by atoms with Crippen molar-refractivity contribution in [3.8, 4) is 11.8 Å². The molecule has 182 valence electrons. The maximum atomic E-state index is 13.6. The van der Waals surface area contributed by atoms with Crippen LogP contribution in [0.15, 0.2) is 42.5 Å². The number of nitrogens with one attached hydrogen (secondary N) is 1. The quantitative estimate of drug-likeness (QED) is 0.580. The van der Waals surface area contributed by atoms with Crippen molar-refractivity contribution in [1.82, 2.24) is 5.32 Å². The smallest absolute Gasteiger partial charge is 0.433 e. The number of anilines is 1. The molecule has 1 heterocycles. The van der Waals surface area contributed by atoms with Gasteiger partial charge in [0.05, 0.1) is 23.7 Å². The lowest BCUT2D eigenvalue weighted by molar-refractivity contribution is -0.215. The van der Waals surface area contributed by atoms with Crippen LogP contribution in [-0.4, -0.2) is 42.9 Å². The summed E-state index contributed by atoms with van der Waals surface area (Å²) in [7, 11) is 0. The maximum Gasteiger partial charge on any atom is 0.433 e. The van der Waals surface area contributed by atoms with Crippen LogP contribution in [-0.2, 0) is 17.5 Å². The van der Waals surface area contributed by atoms with Gasteiger partial charge in [-0.3, -0.25) is 0 Å². The summed E-state index contributed by atoms with van der Waals surface area (Å²) in [6, 6.07) is 9.78. The Hall–Kier alpha value is -3.66. The number of nitrogens with zero attached hydrogens (tertiary/aromatic N) is 2. The zero-order valence-corrected chi connectivity index (χ0v) is 17.2. The highest BCUT2D eigenvalue weighted by Gasteiger charge is 2.51. The predicted octanol–water partition coefficient (Wildman–Crippen LogP) is 4.52. The Labute approximate surface area is 189 Å². The van der Waals surface area contributed by atoms with Crippen molar-refractivity contribution in [2.24, 2.45) is 0 Å². The van der Waals surface area contributed by atoms with Crippen LogP contribution < -0.4 is 15.0 Å². The second-order valence-corrected chi connectivity index (χ2v) is 7.26. The van der Waals surface area contributed by atoms with E-state index in [1.807, 2.05) is 0 Å². The molecule has 2 N–H and O–H groups in total. The first kappa shape index (κ1) is 25.0. The van der Waals surface area contributed by atoms with Gasteiger partial charge in [0.2, 0.25) is 6.23 Å². The van der Waals surface area contributed by atoms with E-state index in [9.17, 15) is 31.1 Å². The first-order valence-electron chi connectivity index (χ1n) is 9.67. The van der Waals surface area contributed by atoms with E-state index in [0.29, 0.717) is 16.5 Å². The van der Waals surface area contributed by atoms with Gasteiger partial charge >= 0.3 is 18.4 Å². The molecule has 1 aliphatic heterocycles. The van der Waals surface area contributed by atoms with Crippen molar-refractivity contribution in [3.05, 3.63) is 59.2 Å². The molecule has 0 aromatic heterocycles. The van der Waals surface area contributed by atoms with E-state index in [1.165, 1.54) is 18.2 Å². The molecular formula is C21H17F6N3O4. The molecule has 0 radical (unpaired) electrons. The molecule has 0 saturated carbocycles. The second-order valence-electron chi connectivity index (χ2n) is 7.26. The van der Waals surface area contributed by atoms with E-state index in [-0.39, 0.29) is 18.9 Å². The minimum atomic E-state index is -4.93. The summed E-state index contributed by atoms with van der Waals surface area (Å²) >= 11 is 0. The second kappa shape index (κ2) is 9.68. The van der Waals surface area contributed by atoms with E-state index in [0.717, 1.165) is 12.1 Å². The summed E-state index contributed by atoms with van der Waals surface area (Å²) < 4.78 is 90.9. The van der Waals surface area contributed by atoms with Crippen LogP contribution in [0.3, 0.4) is 0 Å². The van der Waals surface area contributed by atoms with Gasteiger partial charge in [0.1, 0.15) is 18.5 Å². The molecule has 1 saturated heterocycles. The molecule has 1 fully saturated rings. The topological polar surface area (TPSA) is 94.8 Å². The summed E-state index contributed by atoms with van der Waals surface area (Å²) in [5, 5.41) is 19.7. The molecule has 1 amide bonds. The van der Waals surface area contributed by atoms with Gasteiger partial charge in [-0.05, 0) is 35.9 Å². The average Bonchev–Trinajstić information content (AvgIpc) is 3.21. The van der Waals surface area contributed by atoms with Gasteiger partial charge in [0.15, 0.2) is 0 Å². The summed E-state index contributed by atoms with van der Waals surface area (Å²) in [5.74, 6) is 0.280. The van der Waals surface area contributed by atoms with Crippen molar-refractivity contribution in [3.63, 3.8) is 0 Å². The lowest BCUT2D eigenvalue weighted by Crippen LogP contribution is -2.42. The van der Waals surface area contributed by atoms with Gasteiger partial charge in [0, 0.05) is 12.2 Å². The highest BCUT2D eigenvalue weighted by molar-refractivity contribution is 5.64. The molecule has 13 heteroatoms. The monoisotopic (exact) mass is 489 g/mol. The SMILES string of the molecule is N#Cc1ccc(N2CC(COc3ccc(CNC(=O)O)cc3)OC2C(F)(F)F)cc1C(F)(F)F. The number of hydrogen-bond donors (Lipinski definition) is 2. The summed E-state index contributed by atoms with van der Waals surface area (Å²) in [4.78, 5) is 11.2. The Morgan fingerprint density at radius 1 is 1.18 bits per heavy atom. The summed E-state index contributed by atoms with van der Waals surface area (Å²) in [6.07, 6.45) is -14.7. The van der Waals surface area contributed by atoms with Gasteiger partial charge in [-0.25, -0.2) is 4.79 Å². The molecule has 2 atom stereocenters. The van der Waals surface area contributed by atoms with Crippen molar-refractivity contribution >= 4 is 11.8 Å². The lowest BCUT2D eigenvalue weighted by Gasteiger charge is -2.27. The van der Waals surface area contributed by atoms with Gasteiger partial charge in [-0.2, -0.15) is 31.6 Å². The Morgan fingerprint density at radius 2 is 1.85 bits per heavy atom. The zero-order chi connectivity index (χ0) is 25.1. The van der Waals surface area contributed by atoms with Crippen LogP contribution in [0.5, 0.6) is 5.75 Å². The molecule has 0 aliphatic carbocycles. The van der Waals surface area contributed by atoms with Crippen LogP contribution in [0.4, 0.5) is 36.8 Å². The third-order valence-electron chi connectivity index (χ3n) is 4.85. The third kappa shape index (κ3) is 6.02. The van der Waals surface area contributed by atoms with Crippen molar-refractivity contribution in [2.45, 2.75) is 31.2 Å². The van der Waals surface area contributed by atoms with E-state index >= 15 is 0 Å². The maximum absolute atomic E-state index is 13.6. The van der Waals surface area contributed by atoms with Gasteiger partial charge < -0.3 is 24.8 Å². The molecule has 0 spiro atoms. The summed E-state index contributed by atoms with van der Waals surface area (Å²) in [5.41, 5.74) is -1.82. The highest BCUT2D eigenvalue weighted by Crippen LogP contribution is 2.39. The predicted molar refractivity (Wildman–Crippen MR) is 105 cm³/mol. The number of hydrogen-bond acceptors (Lipinski definition) is 5. The third-order valence-corrected chi connectivity index (χ3v) is 4.85. The number of ether oxygens (including phenoxy) is 2. The molecule has 2 aromatic carbocycles. The van der Waals surface area contributed by atoms with Crippen LogP contribution in [0.25, 0.3) is 0 Å². The molecular weight excluding hydrogens is 472 g/mol. The van der Waals surface area contributed by atoms with E-state index in [2.05, 4.69) is 5.32 Å². The number of carboxylic acid groups (broad SMARTS) is 1. The number of alkyl halides is 6. The minimum absolute atomic E-state index is 0.0497. The van der Waals surface area contributed by atoms with Crippen molar-refractivity contribution in [2.75, 3.05) is 18.1 Å². The highest BCUT2D eigenvalue weighted by atomic mass is 19.4. The first-order chi connectivity index (χ1) is 15.9. The van der Waals surface area contributed by atoms with Crippen LogP contribution in [0, 0.1) is 11.3 Å². The Bertz CT molecular complexity index is 1070. The molecule has 7 nitrogen and oxygen atoms in total. The molecule has 3 rings (SSSR count). The number of carbonyl (C=O) groups is 1. The normalized spacial score (nSPS) is 18.4. The molecule has 2 aromatic rings. The zero-order valence-electron chi connectivity index (χ0n) is 17.2. The standard InChI is InChI=1S/C21H17F6N3O4/c22-20(23,24)17-7-14(4-3-13(17)8-28)30-10-16(34-18(30)21(25,26)27)11-33-15-5-1-12(2-6-15)9-29-19(31)32/h1-7,16,18,29H,9-11H2,(H,31,32). The average molecular weight is 489 g/mol. The molecule has 1 aliphatic rings. The number of benzene rings is 2. The first-order valence-corrected chi connectivity index (χ1v) is 9.67. The number of nitriles is 1. The summed E-state index contributed by atoms with van der Waals surface area (Å²) in [6.45, 7) is -0.680. The number of rotatable bonds is 6. The van der Waals surface area contributed by atoms with Crippen LogP contribution >= 0.6 is 0 Å². The molecule has 2 unspecified atom stereocenters. The Morgan fingerprint density at radius 3 is 2.41 bits per heavy atom. The van der Waals surface area contributed by atoms with Gasteiger partial charge in [-0.15, -0.1) is 0 Å². The fourth-order valence-corrected chi connectivity index (χ4v) is 3.31. The van der Waals surface area contributed by atoms with Gasteiger partial charge in [-0.1, -0.05) is 12.1 Å². The largest absolute Gasteiger partial charge is 0.491 e. The van der Waals surface area contributed by atoms with Crippen molar-refractivity contribution < 1.29 is 45.7 Å².